The Bertz CT molecular complexity index is 1540. The van der Waals surface area contributed by atoms with Crippen molar-refractivity contribution in [1.29, 1.82) is 5.26 Å². The second kappa shape index (κ2) is 9.39. The second-order valence-electron chi connectivity index (χ2n) is 9.21. The quantitative estimate of drug-likeness (QED) is 0.451. The first kappa shape index (κ1) is 25.7. The van der Waals surface area contributed by atoms with Gasteiger partial charge in [-0.25, -0.2) is 18.4 Å². The maximum atomic E-state index is 13.1. The number of rotatable bonds is 8. The molecule has 10 nitrogen and oxygen atoms in total. The lowest BCUT2D eigenvalue weighted by Crippen LogP contribution is -2.29. The third kappa shape index (κ3) is 5.47. The smallest absolute Gasteiger partial charge is 0.406 e. The van der Waals surface area contributed by atoms with Crippen molar-refractivity contribution in [2.75, 3.05) is 0 Å². The molecule has 0 aliphatic heterocycles. The fourth-order valence-electron chi connectivity index (χ4n) is 3.86. The summed E-state index contributed by atoms with van der Waals surface area (Å²) in [6.45, 7) is 1.61. The highest BCUT2D eigenvalue weighted by molar-refractivity contribution is 7.92. The van der Waals surface area contributed by atoms with Crippen molar-refractivity contribution in [3.05, 3.63) is 59.3 Å². The van der Waals surface area contributed by atoms with Crippen molar-refractivity contribution in [2.45, 2.75) is 61.1 Å². The molecule has 2 saturated carbocycles. The first-order valence-electron chi connectivity index (χ1n) is 11.7. The van der Waals surface area contributed by atoms with Crippen LogP contribution in [0, 0.1) is 11.3 Å². The van der Waals surface area contributed by atoms with Crippen LogP contribution in [0.5, 0.6) is 5.75 Å². The molecule has 1 amide bonds. The number of sulfone groups is 1. The number of hydrogen-bond donors (Lipinski definition) is 1. The SMILES string of the molecule is C[C@H](NC(=O)c1cc(OC(F)(F)F)cc(S(=O)(=O)C2CC2)c1)c1nc(C2CC2)nn1-c1ccc(C#N)cn1. The van der Waals surface area contributed by atoms with Crippen LogP contribution in [-0.4, -0.2) is 45.7 Å². The number of amides is 1. The van der Waals surface area contributed by atoms with Crippen molar-refractivity contribution in [3.8, 4) is 17.6 Å². The average molecular weight is 547 g/mol. The number of nitriles is 1. The Kier molecular flexibility index (Phi) is 6.34. The number of nitrogens with zero attached hydrogens (tertiary/aromatic N) is 5. The molecule has 2 fully saturated rings. The van der Waals surface area contributed by atoms with E-state index in [1.54, 1.807) is 19.1 Å². The number of alkyl halides is 3. The zero-order valence-electron chi connectivity index (χ0n) is 19.9. The zero-order chi connectivity index (χ0) is 27.2. The minimum Gasteiger partial charge on any atom is -0.406 e. The van der Waals surface area contributed by atoms with Crippen molar-refractivity contribution in [1.82, 2.24) is 25.1 Å². The normalized spacial score (nSPS) is 16.5. The number of carbonyl (C=O) groups is 1. The Labute approximate surface area is 215 Å². The van der Waals surface area contributed by atoms with Crippen molar-refractivity contribution >= 4 is 15.7 Å². The van der Waals surface area contributed by atoms with Crippen LogP contribution >= 0.6 is 0 Å². The molecule has 38 heavy (non-hydrogen) atoms. The van der Waals surface area contributed by atoms with E-state index < -0.39 is 44.0 Å². The fourth-order valence-corrected chi connectivity index (χ4v) is 5.57. The first-order valence-corrected chi connectivity index (χ1v) is 13.3. The number of halogens is 3. The molecule has 198 valence electrons. The Morgan fingerprint density at radius 2 is 1.95 bits per heavy atom. The zero-order valence-corrected chi connectivity index (χ0v) is 20.8. The molecule has 1 N–H and O–H groups in total. The van der Waals surface area contributed by atoms with E-state index in [1.807, 2.05) is 6.07 Å². The molecule has 1 aromatic carbocycles. The summed E-state index contributed by atoms with van der Waals surface area (Å²) >= 11 is 0. The van der Waals surface area contributed by atoms with Crippen molar-refractivity contribution in [3.63, 3.8) is 0 Å². The summed E-state index contributed by atoms with van der Waals surface area (Å²) in [7, 11) is -3.91. The number of carbonyl (C=O) groups excluding carboxylic acids is 1. The molecule has 1 atom stereocenters. The van der Waals surface area contributed by atoms with Gasteiger partial charge in [-0.15, -0.1) is 18.3 Å². The molecule has 0 saturated heterocycles. The van der Waals surface area contributed by atoms with Gasteiger partial charge < -0.3 is 10.1 Å². The molecule has 2 aliphatic rings. The summed E-state index contributed by atoms with van der Waals surface area (Å²) < 4.78 is 69.6. The molecule has 0 bridgehead atoms. The largest absolute Gasteiger partial charge is 0.573 e. The van der Waals surface area contributed by atoms with E-state index in [-0.39, 0.29) is 11.5 Å². The van der Waals surface area contributed by atoms with Crippen molar-refractivity contribution in [2.24, 2.45) is 0 Å². The molecule has 0 radical (unpaired) electrons. The Morgan fingerprint density at radius 1 is 1.21 bits per heavy atom. The monoisotopic (exact) mass is 546 g/mol. The lowest BCUT2D eigenvalue weighted by molar-refractivity contribution is -0.274. The third-order valence-electron chi connectivity index (χ3n) is 6.09. The van der Waals surface area contributed by atoms with Gasteiger partial charge in [0.2, 0.25) is 0 Å². The van der Waals surface area contributed by atoms with Gasteiger partial charge in [0.25, 0.3) is 5.91 Å². The minimum atomic E-state index is -5.08. The summed E-state index contributed by atoms with van der Waals surface area (Å²) in [6, 6.07) is 6.97. The van der Waals surface area contributed by atoms with Gasteiger partial charge in [0.15, 0.2) is 27.3 Å². The third-order valence-corrected chi connectivity index (χ3v) is 8.33. The summed E-state index contributed by atoms with van der Waals surface area (Å²) in [4.78, 5) is 21.5. The Morgan fingerprint density at radius 3 is 2.53 bits per heavy atom. The standard InChI is InChI=1S/C24H21F3N6O4S/c1-13(22-31-21(15-3-4-15)32-33(22)20-7-2-14(11-28)12-29-20)30-23(34)16-8-17(37-24(25,26)27)10-19(9-16)38(35,36)18-5-6-18/h2,7-10,12-13,15,18H,3-6H2,1H3,(H,30,34)/t13-/m0/s1. The summed E-state index contributed by atoms with van der Waals surface area (Å²) in [5.41, 5.74) is 0.0277. The maximum Gasteiger partial charge on any atom is 0.573 e. The molecular weight excluding hydrogens is 525 g/mol. The maximum absolute atomic E-state index is 13.1. The van der Waals surface area contributed by atoms with Crippen LogP contribution in [0.3, 0.4) is 0 Å². The minimum absolute atomic E-state index is 0.169. The average Bonchev–Trinajstić information content (AvgIpc) is 3.80. The number of hydrogen-bond acceptors (Lipinski definition) is 8. The van der Waals surface area contributed by atoms with Gasteiger partial charge in [-0.3, -0.25) is 4.79 Å². The number of aromatic nitrogens is 4. The van der Waals surface area contributed by atoms with E-state index in [4.69, 9.17) is 5.26 Å². The Balaban J connectivity index is 1.46. The second-order valence-corrected chi connectivity index (χ2v) is 11.4. The van der Waals surface area contributed by atoms with Crippen LogP contribution in [0.2, 0.25) is 0 Å². The van der Waals surface area contributed by atoms with Crippen molar-refractivity contribution < 1.29 is 31.1 Å². The van der Waals surface area contributed by atoms with Gasteiger partial charge in [0.1, 0.15) is 11.8 Å². The first-order chi connectivity index (χ1) is 17.9. The molecule has 3 aromatic rings. The molecular formula is C24H21F3N6O4S. The van der Waals surface area contributed by atoms with Gasteiger partial charge in [-0.1, -0.05) is 0 Å². The van der Waals surface area contributed by atoms with Crippen LogP contribution in [0.1, 0.15) is 72.1 Å². The highest BCUT2D eigenvalue weighted by Crippen LogP contribution is 2.39. The lowest BCUT2D eigenvalue weighted by atomic mass is 10.2. The van der Waals surface area contributed by atoms with E-state index in [0.29, 0.717) is 35.9 Å². The molecule has 2 aliphatic carbocycles. The van der Waals surface area contributed by atoms with Gasteiger partial charge in [-0.05, 0) is 62.9 Å². The molecule has 0 unspecified atom stereocenters. The van der Waals surface area contributed by atoms with Crippen LogP contribution in [0.25, 0.3) is 5.82 Å². The van der Waals surface area contributed by atoms with E-state index >= 15 is 0 Å². The molecule has 5 rings (SSSR count). The Hall–Kier alpha value is -3.99. The molecule has 2 heterocycles. The van der Waals surface area contributed by atoms with E-state index in [0.717, 1.165) is 31.0 Å². The highest BCUT2D eigenvalue weighted by atomic mass is 32.2. The molecule has 2 aromatic heterocycles. The lowest BCUT2D eigenvalue weighted by Gasteiger charge is -2.16. The number of pyridine rings is 1. The van der Waals surface area contributed by atoms with Gasteiger partial charge in [-0.2, -0.15) is 9.94 Å². The predicted molar refractivity (Wildman–Crippen MR) is 125 cm³/mol. The van der Waals surface area contributed by atoms with E-state index in [2.05, 4.69) is 25.1 Å². The number of nitrogens with one attached hydrogen (secondary N) is 1. The van der Waals surface area contributed by atoms with Gasteiger partial charge in [0, 0.05) is 17.7 Å². The van der Waals surface area contributed by atoms with Gasteiger partial charge in [0.05, 0.1) is 21.8 Å². The van der Waals surface area contributed by atoms with Crippen LogP contribution in [-0.2, 0) is 9.84 Å². The van der Waals surface area contributed by atoms with Crippen LogP contribution in [0.4, 0.5) is 13.2 Å². The number of ether oxygens (including phenoxy) is 1. The predicted octanol–water partition coefficient (Wildman–Crippen LogP) is 3.74. The summed E-state index contributed by atoms with van der Waals surface area (Å²) in [5, 5.41) is 15.5. The highest BCUT2D eigenvalue weighted by Gasteiger charge is 2.39. The summed E-state index contributed by atoms with van der Waals surface area (Å²) in [5.74, 6) is -0.233. The van der Waals surface area contributed by atoms with E-state index in [9.17, 15) is 26.4 Å². The van der Waals surface area contributed by atoms with Gasteiger partial charge >= 0.3 is 6.36 Å². The topological polar surface area (TPSA) is 140 Å². The summed E-state index contributed by atoms with van der Waals surface area (Å²) in [6.07, 6.45) is -1.09. The molecule has 14 heteroatoms. The number of benzene rings is 1. The molecule has 0 spiro atoms. The van der Waals surface area contributed by atoms with Crippen LogP contribution < -0.4 is 10.1 Å². The fraction of sp³-hybridized carbons (Fsp3) is 0.375. The van der Waals surface area contributed by atoms with Crippen LogP contribution in [0.15, 0.2) is 41.4 Å². The van der Waals surface area contributed by atoms with E-state index in [1.165, 1.54) is 10.9 Å².